The van der Waals surface area contributed by atoms with Gasteiger partial charge in [-0.3, -0.25) is 0 Å². The molecular weight excluding hydrogens is 386 g/mol. The minimum atomic E-state index is -2.25. The Morgan fingerprint density at radius 1 is 1.17 bits per heavy atom. The van der Waals surface area contributed by atoms with Gasteiger partial charge in [0.2, 0.25) is 0 Å². The van der Waals surface area contributed by atoms with Crippen molar-refractivity contribution in [3.05, 3.63) is 35.9 Å². The second-order valence-electron chi connectivity index (χ2n) is 9.12. The van der Waals surface area contributed by atoms with Crippen molar-refractivity contribution in [1.29, 1.82) is 0 Å². The quantitative estimate of drug-likeness (QED) is 0.490. The van der Waals surface area contributed by atoms with Gasteiger partial charge in [0.15, 0.2) is 14.4 Å². The zero-order chi connectivity index (χ0) is 21.7. The van der Waals surface area contributed by atoms with Gasteiger partial charge in [0.1, 0.15) is 6.61 Å². The Labute approximate surface area is 175 Å². The molecule has 0 bridgehead atoms. The largest absolute Gasteiger partial charge is 0.467 e. The maximum Gasteiger partial charge on any atom is 0.410 e. The van der Waals surface area contributed by atoms with Crippen molar-refractivity contribution in [2.45, 2.75) is 76.9 Å². The average Bonchev–Trinajstić information content (AvgIpc) is 2.69. The van der Waals surface area contributed by atoms with Gasteiger partial charge in [-0.15, -0.1) is 0 Å². The van der Waals surface area contributed by atoms with Gasteiger partial charge in [0.05, 0.1) is 13.2 Å². The number of methoxy groups -OCH3 is 1. The summed E-state index contributed by atoms with van der Waals surface area (Å²) in [7, 11) is -0.880. The van der Waals surface area contributed by atoms with Crippen LogP contribution in [0.25, 0.3) is 0 Å². The Morgan fingerprint density at radius 3 is 2.41 bits per heavy atom. The number of ether oxygens (including phenoxy) is 2. The summed E-state index contributed by atoms with van der Waals surface area (Å²) in [5, 5.41) is -0.0629. The van der Waals surface area contributed by atoms with Crippen LogP contribution in [-0.2, 0) is 25.3 Å². The van der Waals surface area contributed by atoms with Crippen LogP contribution in [-0.4, -0.2) is 51.1 Å². The molecule has 6 nitrogen and oxygen atoms in total. The summed E-state index contributed by atoms with van der Waals surface area (Å²) in [4.78, 5) is 27.2. The third kappa shape index (κ3) is 6.06. The van der Waals surface area contributed by atoms with Crippen molar-refractivity contribution in [3.8, 4) is 0 Å². The third-order valence-corrected chi connectivity index (χ3v) is 10.5. The van der Waals surface area contributed by atoms with Crippen molar-refractivity contribution in [2.75, 3.05) is 13.7 Å². The zero-order valence-electron chi connectivity index (χ0n) is 18.6. The third-order valence-electron chi connectivity index (χ3n) is 6.00. The van der Waals surface area contributed by atoms with E-state index in [1.165, 1.54) is 7.11 Å². The molecule has 1 aromatic carbocycles. The number of benzene rings is 1. The Bertz CT molecular complexity index is 686. The molecule has 1 aliphatic rings. The van der Waals surface area contributed by atoms with Crippen LogP contribution in [0.5, 0.6) is 0 Å². The second-order valence-corrected chi connectivity index (χ2v) is 13.9. The normalized spacial score (nSPS) is 18.8. The molecule has 1 aromatic rings. The predicted octanol–water partition coefficient (Wildman–Crippen LogP) is 4.74. The average molecular weight is 422 g/mol. The number of likely N-dealkylation sites (tertiary alicyclic amines) is 1. The van der Waals surface area contributed by atoms with Gasteiger partial charge < -0.3 is 18.8 Å². The molecule has 2 rings (SSSR count). The first-order valence-corrected chi connectivity index (χ1v) is 13.2. The lowest BCUT2D eigenvalue weighted by atomic mass is 9.98. The summed E-state index contributed by atoms with van der Waals surface area (Å²) in [6.45, 7) is 11.3. The molecule has 1 amide bonds. The predicted molar refractivity (Wildman–Crippen MR) is 115 cm³/mol. The number of amides is 1. The molecular formula is C22H35NO5Si. The number of rotatable bonds is 6. The summed E-state index contributed by atoms with van der Waals surface area (Å²) >= 11 is 0. The van der Waals surface area contributed by atoms with E-state index in [9.17, 15) is 9.59 Å². The maximum absolute atomic E-state index is 12.9. The van der Waals surface area contributed by atoms with Crippen LogP contribution in [0.1, 0.15) is 45.6 Å². The molecule has 2 atom stereocenters. The zero-order valence-corrected chi connectivity index (χ0v) is 19.6. The van der Waals surface area contributed by atoms with Gasteiger partial charge in [-0.1, -0.05) is 51.1 Å². The van der Waals surface area contributed by atoms with E-state index in [1.54, 1.807) is 4.90 Å². The van der Waals surface area contributed by atoms with Crippen molar-refractivity contribution in [1.82, 2.24) is 4.90 Å². The van der Waals surface area contributed by atoms with E-state index in [2.05, 4.69) is 33.9 Å². The molecule has 1 saturated heterocycles. The van der Waals surface area contributed by atoms with E-state index in [0.29, 0.717) is 13.0 Å². The van der Waals surface area contributed by atoms with Crippen LogP contribution in [0, 0.1) is 0 Å². The number of piperidine rings is 1. The highest BCUT2D eigenvalue weighted by Gasteiger charge is 2.46. The van der Waals surface area contributed by atoms with Crippen molar-refractivity contribution < 1.29 is 23.5 Å². The molecule has 0 spiro atoms. The molecule has 1 heterocycles. The Hall–Kier alpha value is -1.86. The number of carbonyl (C=O) groups excluding carboxylic acids is 2. The van der Waals surface area contributed by atoms with E-state index in [1.807, 2.05) is 30.3 Å². The molecule has 0 radical (unpaired) electrons. The fourth-order valence-electron chi connectivity index (χ4n) is 3.20. The van der Waals surface area contributed by atoms with E-state index < -0.39 is 26.5 Å². The topological polar surface area (TPSA) is 65.1 Å². The lowest BCUT2D eigenvalue weighted by Crippen LogP contribution is -2.57. The molecule has 162 valence electrons. The number of hydrogen-bond acceptors (Lipinski definition) is 5. The molecule has 7 heteroatoms. The summed E-state index contributed by atoms with van der Waals surface area (Å²) in [5.74, 6) is -0.428. The minimum Gasteiger partial charge on any atom is -0.467 e. The van der Waals surface area contributed by atoms with Crippen molar-refractivity contribution >= 4 is 20.4 Å². The lowest BCUT2D eigenvalue weighted by Gasteiger charge is -2.44. The molecule has 1 aliphatic heterocycles. The Morgan fingerprint density at radius 2 is 1.83 bits per heavy atom. The summed E-state index contributed by atoms with van der Waals surface area (Å²) < 4.78 is 17.1. The van der Waals surface area contributed by atoms with E-state index >= 15 is 0 Å². The monoisotopic (exact) mass is 421 g/mol. The van der Waals surface area contributed by atoms with E-state index in [-0.39, 0.29) is 17.7 Å². The van der Waals surface area contributed by atoms with Crippen LogP contribution >= 0.6 is 0 Å². The van der Waals surface area contributed by atoms with Crippen LogP contribution in [0.2, 0.25) is 18.1 Å². The van der Waals surface area contributed by atoms with Crippen LogP contribution in [0.4, 0.5) is 4.79 Å². The van der Waals surface area contributed by atoms with Crippen LogP contribution < -0.4 is 0 Å². The maximum atomic E-state index is 12.9. The van der Waals surface area contributed by atoms with E-state index in [4.69, 9.17) is 13.9 Å². The van der Waals surface area contributed by atoms with Crippen LogP contribution in [0.15, 0.2) is 30.3 Å². The first kappa shape index (κ1) is 23.4. The van der Waals surface area contributed by atoms with Gasteiger partial charge in [-0.2, -0.15) is 0 Å². The summed E-state index contributed by atoms with van der Waals surface area (Å²) in [6, 6.07) is 9.19. The van der Waals surface area contributed by atoms with Crippen molar-refractivity contribution in [2.24, 2.45) is 0 Å². The van der Waals surface area contributed by atoms with Gasteiger partial charge >= 0.3 is 12.1 Å². The SMILES string of the molecule is COC(=O)C(O[Si](C)(C)C(C)(C)C)C1CCCCN1C(=O)OCc1ccccc1. The molecule has 0 saturated carbocycles. The Kier molecular flexibility index (Phi) is 7.88. The molecule has 2 unspecified atom stereocenters. The fraction of sp³-hybridized carbons (Fsp3) is 0.636. The second kappa shape index (κ2) is 9.76. The highest BCUT2D eigenvalue weighted by atomic mass is 28.4. The highest BCUT2D eigenvalue weighted by molar-refractivity contribution is 6.74. The molecule has 0 aliphatic carbocycles. The smallest absolute Gasteiger partial charge is 0.410 e. The number of hydrogen-bond donors (Lipinski definition) is 0. The van der Waals surface area contributed by atoms with Crippen LogP contribution in [0.3, 0.4) is 0 Å². The number of nitrogens with zero attached hydrogens (tertiary/aromatic N) is 1. The highest BCUT2D eigenvalue weighted by Crippen LogP contribution is 2.38. The molecule has 29 heavy (non-hydrogen) atoms. The summed E-state index contributed by atoms with van der Waals surface area (Å²) in [5.41, 5.74) is 0.927. The van der Waals surface area contributed by atoms with E-state index in [0.717, 1.165) is 18.4 Å². The first-order valence-electron chi connectivity index (χ1n) is 10.3. The fourth-order valence-corrected chi connectivity index (χ4v) is 4.44. The molecule has 0 aromatic heterocycles. The number of carbonyl (C=O) groups is 2. The number of esters is 1. The van der Waals surface area contributed by atoms with Gasteiger partial charge in [0, 0.05) is 6.54 Å². The van der Waals surface area contributed by atoms with Gasteiger partial charge in [-0.05, 0) is 43.0 Å². The standard InChI is InChI=1S/C22H35NO5Si/c1-22(2,3)29(5,6)28-19(20(24)26-4)18-14-10-11-15-23(18)21(25)27-16-17-12-8-7-9-13-17/h7-9,12-13,18-19H,10-11,14-16H2,1-6H3. The first-order chi connectivity index (χ1) is 13.6. The lowest BCUT2D eigenvalue weighted by molar-refractivity contribution is -0.153. The minimum absolute atomic E-state index is 0.0629. The molecule has 0 N–H and O–H groups in total. The van der Waals surface area contributed by atoms with Gasteiger partial charge in [0.25, 0.3) is 0 Å². The van der Waals surface area contributed by atoms with Gasteiger partial charge in [-0.25, -0.2) is 9.59 Å². The summed E-state index contributed by atoms with van der Waals surface area (Å²) in [6.07, 6.45) is 1.29. The van der Waals surface area contributed by atoms with Crippen molar-refractivity contribution in [3.63, 3.8) is 0 Å². The Balaban J connectivity index is 2.18. The molecule has 1 fully saturated rings.